The van der Waals surface area contributed by atoms with E-state index < -0.39 is 6.10 Å². The van der Waals surface area contributed by atoms with Crippen LogP contribution in [0.5, 0.6) is 0 Å². The van der Waals surface area contributed by atoms with Crippen molar-refractivity contribution >= 4 is 17.9 Å². The van der Waals surface area contributed by atoms with E-state index in [4.69, 9.17) is 14.2 Å². The summed E-state index contributed by atoms with van der Waals surface area (Å²) in [5, 5.41) is 0. The van der Waals surface area contributed by atoms with E-state index in [1.165, 1.54) is 173 Å². The molecule has 0 amide bonds. The molecule has 0 fully saturated rings. The molecule has 0 aromatic carbocycles. The van der Waals surface area contributed by atoms with Crippen LogP contribution in [0.1, 0.15) is 285 Å². The zero-order valence-corrected chi connectivity index (χ0v) is 39.7. The first kappa shape index (κ1) is 56.4. The maximum absolute atomic E-state index is 12.8. The lowest BCUT2D eigenvalue weighted by Crippen LogP contribution is -2.30. The SMILES string of the molecule is CCCCCCCCCCCCCCCCC(=O)OC[C@@H](COC(=O)CCCCCCCCCCCC(C)C)OC(=O)CCCCCCCCCCCCC(C)CC. The van der Waals surface area contributed by atoms with Crippen molar-refractivity contribution in [3.63, 3.8) is 0 Å². The average molecular weight is 821 g/mol. The zero-order valence-electron chi connectivity index (χ0n) is 39.7. The Morgan fingerprint density at radius 1 is 0.362 bits per heavy atom. The molecule has 2 atom stereocenters. The Morgan fingerprint density at radius 2 is 0.655 bits per heavy atom. The molecule has 0 aliphatic rings. The summed E-state index contributed by atoms with van der Waals surface area (Å²) in [5.41, 5.74) is 0. The number of rotatable bonds is 46. The molecule has 0 aliphatic carbocycles. The molecule has 0 N–H and O–H groups in total. The molecule has 0 aromatic heterocycles. The lowest BCUT2D eigenvalue weighted by atomic mass is 9.99. The average Bonchev–Trinajstić information content (AvgIpc) is 3.21. The highest BCUT2D eigenvalue weighted by Crippen LogP contribution is 2.18. The summed E-state index contributed by atoms with van der Waals surface area (Å²) in [6, 6.07) is 0. The number of hydrogen-bond donors (Lipinski definition) is 0. The van der Waals surface area contributed by atoms with Crippen LogP contribution in [0.3, 0.4) is 0 Å². The van der Waals surface area contributed by atoms with Gasteiger partial charge in [-0.05, 0) is 31.1 Å². The summed E-state index contributed by atoms with van der Waals surface area (Å²) in [4.78, 5) is 37.9. The molecule has 58 heavy (non-hydrogen) atoms. The maximum Gasteiger partial charge on any atom is 0.306 e. The van der Waals surface area contributed by atoms with Crippen LogP contribution in [-0.4, -0.2) is 37.2 Å². The number of carbonyl (C=O) groups excluding carboxylic acids is 3. The molecule has 6 nitrogen and oxygen atoms in total. The normalized spacial score (nSPS) is 12.5. The van der Waals surface area contributed by atoms with Gasteiger partial charge in [-0.3, -0.25) is 14.4 Å². The summed E-state index contributed by atoms with van der Waals surface area (Å²) < 4.78 is 16.8. The maximum atomic E-state index is 12.8. The molecule has 0 bridgehead atoms. The van der Waals surface area contributed by atoms with Crippen molar-refractivity contribution < 1.29 is 28.6 Å². The summed E-state index contributed by atoms with van der Waals surface area (Å²) in [6.07, 6.45) is 45.1. The van der Waals surface area contributed by atoms with E-state index in [-0.39, 0.29) is 31.1 Å². The van der Waals surface area contributed by atoms with Crippen molar-refractivity contribution in [2.24, 2.45) is 11.8 Å². The first-order valence-electron chi connectivity index (χ1n) is 25.8. The van der Waals surface area contributed by atoms with Gasteiger partial charge in [-0.25, -0.2) is 0 Å². The molecule has 1 unspecified atom stereocenters. The number of unbranched alkanes of at least 4 members (excludes halogenated alkanes) is 30. The van der Waals surface area contributed by atoms with E-state index in [9.17, 15) is 14.4 Å². The van der Waals surface area contributed by atoms with Gasteiger partial charge in [-0.2, -0.15) is 0 Å². The van der Waals surface area contributed by atoms with E-state index in [1.807, 2.05) is 0 Å². The van der Waals surface area contributed by atoms with Crippen LogP contribution in [0.15, 0.2) is 0 Å². The van der Waals surface area contributed by atoms with Gasteiger partial charge in [-0.15, -0.1) is 0 Å². The molecule has 344 valence electrons. The van der Waals surface area contributed by atoms with Gasteiger partial charge >= 0.3 is 17.9 Å². The van der Waals surface area contributed by atoms with Gasteiger partial charge in [0.15, 0.2) is 6.10 Å². The Kier molecular flexibility index (Phi) is 43.7. The minimum absolute atomic E-state index is 0.0639. The first-order chi connectivity index (χ1) is 28.3. The Morgan fingerprint density at radius 3 is 0.983 bits per heavy atom. The van der Waals surface area contributed by atoms with E-state index in [0.717, 1.165) is 69.6 Å². The summed E-state index contributed by atoms with van der Waals surface area (Å²) in [6.45, 7) is 11.4. The molecule has 0 saturated carbocycles. The first-order valence-corrected chi connectivity index (χ1v) is 25.8. The van der Waals surface area contributed by atoms with Gasteiger partial charge in [0.05, 0.1) is 0 Å². The van der Waals surface area contributed by atoms with Crippen LogP contribution in [-0.2, 0) is 28.6 Å². The van der Waals surface area contributed by atoms with Crippen molar-refractivity contribution in [3.8, 4) is 0 Å². The van der Waals surface area contributed by atoms with Crippen molar-refractivity contribution in [1.82, 2.24) is 0 Å². The monoisotopic (exact) mass is 821 g/mol. The minimum atomic E-state index is -0.762. The van der Waals surface area contributed by atoms with Gasteiger partial charge in [-0.1, -0.05) is 247 Å². The fraction of sp³-hybridized carbons (Fsp3) is 0.942. The number of ether oxygens (including phenoxy) is 3. The van der Waals surface area contributed by atoms with Gasteiger partial charge in [0.25, 0.3) is 0 Å². The molecule has 0 rings (SSSR count). The van der Waals surface area contributed by atoms with Crippen molar-refractivity contribution in [2.45, 2.75) is 291 Å². The van der Waals surface area contributed by atoms with Crippen LogP contribution >= 0.6 is 0 Å². The molecule has 0 radical (unpaired) electrons. The van der Waals surface area contributed by atoms with Crippen LogP contribution in [0.2, 0.25) is 0 Å². The molecule has 0 aromatic rings. The molecule has 0 heterocycles. The standard InChI is InChI=1S/C52H100O6/c1-6-8-9-10-11-12-13-14-15-16-22-27-32-37-42-50(53)56-45-49(46-57-51(54)43-38-33-28-24-19-20-25-30-35-40-47(3)4)58-52(55)44-39-34-29-23-18-17-21-26-31-36-41-48(5)7-2/h47-49H,6-46H2,1-5H3/t48?,49-/m0/s1. The van der Waals surface area contributed by atoms with E-state index in [0.29, 0.717) is 19.3 Å². The molecule has 0 saturated heterocycles. The van der Waals surface area contributed by atoms with Crippen molar-refractivity contribution in [3.05, 3.63) is 0 Å². The van der Waals surface area contributed by atoms with Gasteiger partial charge in [0.1, 0.15) is 13.2 Å². The topological polar surface area (TPSA) is 78.9 Å². The molecule has 0 spiro atoms. The number of esters is 3. The van der Waals surface area contributed by atoms with Gasteiger partial charge in [0, 0.05) is 19.3 Å². The third-order valence-electron chi connectivity index (χ3n) is 12.1. The highest BCUT2D eigenvalue weighted by Gasteiger charge is 2.19. The lowest BCUT2D eigenvalue weighted by molar-refractivity contribution is -0.167. The Labute approximate surface area is 361 Å². The summed E-state index contributed by atoms with van der Waals surface area (Å²) in [5.74, 6) is 0.826. The second-order valence-corrected chi connectivity index (χ2v) is 18.5. The molecule has 6 heteroatoms. The quantitative estimate of drug-likeness (QED) is 0.0346. The second kappa shape index (κ2) is 44.9. The molecular weight excluding hydrogens is 721 g/mol. The number of carbonyl (C=O) groups is 3. The highest BCUT2D eigenvalue weighted by molar-refractivity contribution is 5.71. The van der Waals surface area contributed by atoms with Crippen LogP contribution in [0.25, 0.3) is 0 Å². The Bertz CT molecular complexity index is 887. The largest absolute Gasteiger partial charge is 0.462 e. The second-order valence-electron chi connectivity index (χ2n) is 18.5. The smallest absolute Gasteiger partial charge is 0.306 e. The van der Waals surface area contributed by atoms with Crippen molar-refractivity contribution in [2.75, 3.05) is 13.2 Å². The van der Waals surface area contributed by atoms with E-state index >= 15 is 0 Å². The predicted octanol–water partition coefficient (Wildman–Crippen LogP) is 16.5. The zero-order chi connectivity index (χ0) is 42.6. The van der Waals surface area contributed by atoms with E-state index in [2.05, 4.69) is 34.6 Å². The third kappa shape index (κ3) is 44.0. The van der Waals surface area contributed by atoms with Crippen LogP contribution < -0.4 is 0 Å². The summed E-state index contributed by atoms with van der Waals surface area (Å²) >= 11 is 0. The van der Waals surface area contributed by atoms with Gasteiger partial charge in [0.2, 0.25) is 0 Å². The van der Waals surface area contributed by atoms with E-state index in [1.54, 1.807) is 0 Å². The van der Waals surface area contributed by atoms with Crippen LogP contribution in [0, 0.1) is 11.8 Å². The fourth-order valence-electron chi connectivity index (χ4n) is 7.78. The van der Waals surface area contributed by atoms with Crippen molar-refractivity contribution in [1.29, 1.82) is 0 Å². The molecular formula is C52H100O6. The van der Waals surface area contributed by atoms with Crippen LogP contribution in [0.4, 0.5) is 0 Å². The van der Waals surface area contributed by atoms with Gasteiger partial charge < -0.3 is 14.2 Å². The predicted molar refractivity (Wildman–Crippen MR) is 247 cm³/mol. The number of hydrogen-bond acceptors (Lipinski definition) is 6. The Balaban J connectivity index is 4.33. The highest BCUT2D eigenvalue weighted by atomic mass is 16.6. The summed E-state index contributed by atoms with van der Waals surface area (Å²) in [7, 11) is 0. The third-order valence-corrected chi connectivity index (χ3v) is 12.1. The lowest BCUT2D eigenvalue weighted by Gasteiger charge is -2.18. The minimum Gasteiger partial charge on any atom is -0.462 e. The molecule has 0 aliphatic heterocycles. The fourth-order valence-corrected chi connectivity index (χ4v) is 7.78. The Hall–Kier alpha value is -1.59.